The Morgan fingerprint density at radius 3 is 2.51 bits per heavy atom. The molecule has 35 heavy (non-hydrogen) atoms. The van der Waals surface area contributed by atoms with Crippen LogP contribution >= 0.6 is 11.8 Å². The van der Waals surface area contributed by atoms with E-state index in [1.807, 2.05) is 43.0 Å². The van der Waals surface area contributed by atoms with Crippen molar-refractivity contribution in [1.82, 2.24) is 10.1 Å². The van der Waals surface area contributed by atoms with E-state index in [-0.39, 0.29) is 17.6 Å². The lowest BCUT2D eigenvalue weighted by molar-refractivity contribution is 0.0647. The van der Waals surface area contributed by atoms with E-state index >= 15 is 0 Å². The van der Waals surface area contributed by atoms with Crippen LogP contribution in [0.4, 0.5) is 0 Å². The number of fused-ring (bicyclic) bond motifs is 1. The van der Waals surface area contributed by atoms with Gasteiger partial charge in [0.15, 0.2) is 17.3 Å². The normalized spacial score (nSPS) is 15.8. The summed E-state index contributed by atoms with van der Waals surface area (Å²) >= 11 is 1.62. The third kappa shape index (κ3) is 4.93. The minimum atomic E-state index is -0.106. The van der Waals surface area contributed by atoms with Crippen LogP contribution in [0.15, 0.2) is 51.9 Å². The molecule has 2 aliphatic rings. The van der Waals surface area contributed by atoms with Crippen LogP contribution in [0.5, 0.6) is 11.5 Å². The number of benzene rings is 2. The third-order valence-corrected chi connectivity index (χ3v) is 7.75. The molecule has 0 N–H and O–H groups in total. The van der Waals surface area contributed by atoms with Gasteiger partial charge >= 0.3 is 0 Å². The standard InChI is InChI=1S/C27H28N2O5S/c1-17-22(18(2)34-28-17)16-35-25-6-4-3-5-21(25)27(31)29-11-9-19(10-12-29)26(30)20-7-8-23-24(15-20)33-14-13-32-23/h3-8,15,19H,9-14,16H2,1-2H3. The maximum absolute atomic E-state index is 13.4. The highest BCUT2D eigenvalue weighted by atomic mass is 32.2. The van der Waals surface area contributed by atoms with Crippen molar-refractivity contribution in [3.8, 4) is 11.5 Å². The Balaban J connectivity index is 1.22. The summed E-state index contributed by atoms with van der Waals surface area (Å²) in [6.45, 7) is 5.96. The van der Waals surface area contributed by atoms with Crippen molar-refractivity contribution in [1.29, 1.82) is 0 Å². The zero-order chi connectivity index (χ0) is 24.4. The lowest BCUT2D eigenvalue weighted by Gasteiger charge is -2.32. The fourth-order valence-corrected chi connectivity index (χ4v) is 5.77. The second kappa shape index (κ2) is 10.2. The van der Waals surface area contributed by atoms with Gasteiger partial charge in [-0.15, -0.1) is 11.8 Å². The first-order valence-corrected chi connectivity index (χ1v) is 12.9. The Morgan fingerprint density at radius 2 is 1.77 bits per heavy atom. The first kappa shape index (κ1) is 23.5. The molecule has 8 heteroatoms. The van der Waals surface area contributed by atoms with Gasteiger partial charge in [-0.2, -0.15) is 0 Å². The van der Waals surface area contributed by atoms with Crippen molar-refractivity contribution in [2.75, 3.05) is 26.3 Å². The van der Waals surface area contributed by atoms with Crippen LogP contribution < -0.4 is 9.47 Å². The summed E-state index contributed by atoms with van der Waals surface area (Å²) in [5.41, 5.74) is 3.28. The molecule has 0 radical (unpaired) electrons. The summed E-state index contributed by atoms with van der Waals surface area (Å²) in [7, 11) is 0. The van der Waals surface area contributed by atoms with Crippen molar-refractivity contribution in [3.05, 3.63) is 70.6 Å². The molecule has 3 heterocycles. The van der Waals surface area contributed by atoms with Gasteiger partial charge in [-0.1, -0.05) is 17.3 Å². The highest BCUT2D eigenvalue weighted by Gasteiger charge is 2.30. The molecule has 5 rings (SSSR count). The largest absolute Gasteiger partial charge is 0.486 e. The Kier molecular flexibility index (Phi) is 6.81. The van der Waals surface area contributed by atoms with Gasteiger partial charge in [0.25, 0.3) is 5.91 Å². The molecule has 0 unspecified atom stereocenters. The molecule has 0 spiro atoms. The maximum atomic E-state index is 13.4. The molecule has 0 bridgehead atoms. The summed E-state index contributed by atoms with van der Waals surface area (Å²) in [5.74, 6) is 2.81. The number of carbonyl (C=O) groups excluding carboxylic acids is 2. The van der Waals surface area contributed by atoms with Gasteiger partial charge < -0.3 is 18.9 Å². The summed E-state index contributed by atoms with van der Waals surface area (Å²) in [5, 5.41) is 4.02. The van der Waals surface area contributed by atoms with Crippen LogP contribution in [-0.2, 0) is 5.75 Å². The Labute approximate surface area is 208 Å². The number of rotatable bonds is 6. The van der Waals surface area contributed by atoms with Crippen molar-refractivity contribution < 1.29 is 23.6 Å². The summed E-state index contributed by atoms with van der Waals surface area (Å²) < 4.78 is 16.4. The number of carbonyl (C=O) groups is 2. The molecule has 7 nitrogen and oxygen atoms in total. The average molecular weight is 493 g/mol. The first-order chi connectivity index (χ1) is 17.0. The Morgan fingerprint density at radius 1 is 1.03 bits per heavy atom. The molecule has 0 saturated carbocycles. The number of ether oxygens (including phenoxy) is 2. The molecule has 2 aromatic carbocycles. The van der Waals surface area contributed by atoms with E-state index in [9.17, 15) is 9.59 Å². The number of nitrogens with zero attached hydrogens (tertiary/aromatic N) is 2. The van der Waals surface area contributed by atoms with Crippen molar-refractivity contribution >= 4 is 23.5 Å². The lowest BCUT2D eigenvalue weighted by atomic mass is 9.88. The SMILES string of the molecule is Cc1noc(C)c1CSc1ccccc1C(=O)N1CCC(C(=O)c2ccc3c(c2)OCCO3)CC1. The molecule has 1 fully saturated rings. The van der Waals surface area contributed by atoms with E-state index in [1.54, 1.807) is 30.0 Å². The number of aromatic nitrogens is 1. The predicted molar refractivity (Wildman–Crippen MR) is 132 cm³/mol. The van der Waals surface area contributed by atoms with Crippen LogP contribution in [-0.4, -0.2) is 48.1 Å². The van der Waals surface area contributed by atoms with E-state index in [0.29, 0.717) is 67.5 Å². The predicted octanol–water partition coefficient (Wildman–Crippen LogP) is 5.09. The fraction of sp³-hybridized carbons (Fsp3) is 0.370. The summed E-state index contributed by atoms with van der Waals surface area (Å²) in [6, 6.07) is 13.1. The van der Waals surface area contributed by atoms with Gasteiger partial charge in [-0.05, 0) is 57.0 Å². The molecular weight excluding hydrogens is 464 g/mol. The van der Waals surface area contributed by atoms with Crippen LogP contribution in [0.2, 0.25) is 0 Å². The van der Waals surface area contributed by atoms with Crippen LogP contribution in [0, 0.1) is 19.8 Å². The lowest BCUT2D eigenvalue weighted by Crippen LogP contribution is -2.40. The van der Waals surface area contributed by atoms with Gasteiger partial charge in [-0.25, -0.2) is 0 Å². The van der Waals surface area contributed by atoms with E-state index in [0.717, 1.165) is 21.9 Å². The molecule has 3 aromatic rings. The summed E-state index contributed by atoms with van der Waals surface area (Å²) in [4.78, 5) is 29.3. The van der Waals surface area contributed by atoms with E-state index in [4.69, 9.17) is 14.0 Å². The molecule has 1 saturated heterocycles. The Hall–Kier alpha value is -3.26. The average Bonchev–Trinajstić information content (AvgIpc) is 3.23. The van der Waals surface area contributed by atoms with Gasteiger partial charge in [0.05, 0.1) is 11.3 Å². The van der Waals surface area contributed by atoms with Crippen LogP contribution in [0.3, 0.4) is 0 Å². The quantitative estimate of drug-likeness (QED) is 0.350. The molecule has 182 valence electrons. The highest BCUT2D eigenvalue weighted by Crippen LogP contribution is 2.34. The Bertz CT molecular complexity index is 1230. The molecular formula is C27H28N2O5S. The topological polar surface area (TPSA) is 81.9 Å². The van der Waals surface area contributed by atoms with E-state index in [2.05, 4.69) is 5.16 Å². The third-order valence-electron chi connectivity index (χ3n) is 6.65. The van der Waals surface area contributed by atoms with Gasteiger partial charge in [0.2, 0.25) is 0 Å². The van der Waals surface area contributed by atoms with Gasteiger partial charge in [-0.3, -0.25) is 9.59 Å². The molecule has 1 aromatic heterocycles. The van der Waals surface area contributed by atoms with Crippen molar-refractivity contribution in [2.45, 2.75) is 37.3 Å². The number of Topliss-reactive ketones (excluding diaryl/α,β-unsaturated/α-hetero) is 1. The summed E-state index contributed by atoms with van der Waals surface area (Å²) in [6.07, 6.45) is 1.29. The molecule has 0 aliphatic carbocycles. The number of aryl methyl sites for hydroxylation is 2. The highest BCUT2D eigenvalue weighted by molar-refractivity contribution is 7.98. The van der Waals surface area contributed by atoms with Crippen LogP contribution in [0.25, 0.3) is 0 Å². The van der Waals surface area contributed by atoms with Gasteiger partial charge in [0, 0.05) is 40.8 Å². The number of piperidine rings is 1. The monoisotopic (exact) mass is 492 g/mol. The molecule has 1 amide bonds. The number of amides is 1. The number of likely N-dealkylation sites (tertiary alicyclic amines) is 1. The number of hydrogen-bond donors (Lipinski definition) is 0. The zero-order valence-electron chi connectivity index (χ0n) is 19.9. The van der Waals surface area contributed by atoms with E-state index in [1.165, 1.54) is 0 Å². The smallest absolute Gasteiger partial charge is 0.254 e. The zero-order valence-corrected chi connectivity index (χ0v) is 20.7. The molecule has 0 atom stereocenters. The second-order valence-corrected chi connectivity index (χ2v) is 9.89. The van der Waals surface area contributed by atoms with Gasteiger partial charge in [0.1, 0.15) is 19.0 Å². The number of ketones is 1. The minimum absolute atomic E-state index is 0.0112. The van der Waals surface area contributed by atoms with Crippen LogP contribution in [0.1, 0.15) is 50.6 Å². The first-order valence-electron chi connectivity index (χ1n) is 11.9. The number of hydrogen-bond acceptors (Lipinski definition) is 7. The second-order valence-electron chi connectivity index (χ2n) is 8.88. The van der Waals surface area contributed by atoms with Crippen molar-refractivity contribution in [2.24, 2.45) is 5.92 Å². The minimum Gasteiger partial charge on any atom is -0.486 e. The van der Waals surface area contributed by atoms with Crippen molar-refractivity contribution in [3.63, 3.8) is 0 Å². The van der Waals surface area contributed by atoms with E-state index < -0.39 is 0 Å². The number of thioether (sulfide) groups is 1. The molecule has 2 aliphatic heterocycles. The maximum Gasteiger partial charge on any atom is 0.254 e. The fourth-order valence-electron chi connectivity index (χ4n) is 4.57.